The number of benzene rings is 2. The van der Waals surface area contributed by atoms with E-state index in [-0.39, 0.29) is 12.0 Å². The van der Waals surface area contributed by atoms with Gasteiger partial charge in [-0.2, -0.15) is 5.26 Å². The SMILES string of the molecule is CC(C)Oc1cccc(C(=O)N2CCN(c3ccc(N)cc3C#N)CC2)c1. The first-order valence-corrected chi connectivity index (χ1v) is 9.08. The van der Waals surface area contributed by atoms with E-state index in [0.717, 1.165) is 5.69 Å². The number of amides is 1. The fourth-order valence-corrected chi connectivity index (χ4v) is 3.23. The summed E-state index contributed by atoms with van der Waals surface area (Å²) < 4.78 is 5.68. The van der Waals surface area contributed by atoms with Gasteiger partial charge in [0.25, 0.3) is 5.91 Å². The third-order valence-corrected chi connectivity index (χ3v) is 4.50. The number of nitriles is 1. The van der Waals surface area contributed by atoms with Gasteiger partial charge in [0.2, 0.25) is 0 Å². The van der Waals surface area contributed by atoms with Crippen molar-refractivity contribution in [2.75, 3.05) is 36.8 Å². The second kappa shape index (κ2) is 8.00. The van der Waals surface area contributed by atoms with Gasteiger partial charge in [-0.3, -0.25) is 4.79 Å². The van der Waals surface area contributed by atoms with Crippen LogP contribution in [-0.4, -0.2) is 43.1 Å². The van der Waals surface area contributed by atoms with Crippen LogP contribution in [0.15, 0.2) is 42.5 Å². The van der Waals surface area contributed by atoms with Crippen LogP contribution in [0.3, 0.4) is 0 Å². The highest BCUT2D eigenvalue weighted by Gasteiger charge is 2.24. The van der Waals surface area contributed by atoms with Crippen LogP contribution < -0.4 is 15.4 Å². The summed E-state index contributed by atoms with van der Waals surface area (Å²) in [6.45, 7) is 6.46. The monoisotopic (exact) mass is 364 g/mol. The summed E-state index contributed by atoms with van der Waals surface area (Å²) in [5.41, 5.74) is 8.41. The van der Waals surface area contributed by atoms with E-state index in [2.05, 4.69) is 11.0 Å². The van der Waals surface area contributed by atoms with Crippen molar-refractivity contribution in [3.05, 3.63) is 53.6 Å². The fourth-order valence-electron chi connectivity index (χ4n) is 3.23. The first kappa shape index (κ1) is 18.6. The lowest BCUT2D eigenvalue weighted by atomic mass is 10.1. The smallest absolute Gasteiger partial charge is 0.254 e. The molecule has 27 heavy (non-hydrogen) atoms. The maximum atomic E-state index is 12.8. The standard InChI is InChI=1S/C21H24N4O2/c1-15(2)27-19-5-3-4-16(13-19)21(26)25-10-8-24(9-11-25)20-7-6-18(23)12-17(20)14-22/h3-7,12-13,15H,8-11,23H2,1-2H3. The largest absolute Gasteiger partial charge is 0.491 e. The Morgan fingerprint density at radius 1 is 1.15 bits per heavy atom. The third kappa shape index (κ3) is 4.32. The number of rotatable bonds is 4. The van der Waals surface area contributed by atoms with Crippen LogP contribution in [0.2, 0.25) is 0 Å². The van der Waals surface area contributed by atoms with Gasteiger partial charge >= 0.3 is 0 Å². The predicted octanol–water partition coefficient (Wildman–Crippen LogP) is 2.89. The van der Waals surface area contributed by atoms with Gasteiger partial charge in [-0.25, -0.2) is 0 Å². The van der Waals surface area contributed by atoms with Gasteiger partial charge in [0.1, 0.15) is 11.8 Å². The maximum Gasteiger partial charge on any atom is 0.254 e. The number of anilines is 2. The van der Waals surface area contributed by atoms with E-state index in [4.69, 9.17) is 10.5 Å². The van der Waals surface area contributed by atoms with Crippen molar-refractivity contribution < 1.29 is 9.53 Å². The highest BCUT2D eigenvalue weighted by molar-refractivity contribution is 5.94. The second-order valence-electron chi connectivity index (χ2n) is 6.86. The quantitative estimate of drug-likeness (QED) is 0.844. The molecule has 2 aromatic carbocycles. The Bertz CT molecular complexity index is 865. The minimum Gasteiger partial charge on any atom is -0.491 e. The van der Waals surface area contributed by atoms with Crippen LogP contribution in [0.5, 0.6) is 5.75 Å². The molecule has 1 heterocycles. The summed E-state index contributed by atoms with van der Waals surface area (Å²) in [6, 6.07) is 14.9. The lowest BCUT2D eigenvalue weighted by molar-refractivity contribution is 0.0746. The highest BCUT2D eigenvalue weighted by Crippen LogP contribution is 2.24. The molecule has 6 heteroatoms. The Morgan fingerprint density at radius 2 is 1.89 bits per heavy atom. The van der Waals surface area contributed by atoms with Crippen LogP contribution in [0, 0.1) is 11.3 Å². The summed E-state index contributed by atoms with van der Waals surface area (Å²) in [4.78, 5) is 16.8. The Kier molecular flexibility index (Phi) is 5.51. The molecule has 2 N–H and O–H groups in total. The molecule has 3 rings (SSSR count). The molecule has 140 valence electrons. The van der Waals surface area contributed by atoms with Gasteiger partial charge in [0.15, 0.2) is 0 Å². The zero-order valence-electron chi connectivity index (χ0n) is 15.7. The summed E-state index contributed by atoms with van der Waals surface area (Å²) in [5.74, 6) is 0.705. The second-order valence-corrected chi connectivity index (χ2v) is 6.86. The molecule has 0 aliphatic carbocycles. The first-order chi connectivity index (χ1) is 13.0. The van der Waals surface area contributed by atoms with E-state index >= 15 is 0 Å². The summed E-state index contributed by atoms with van der Waals surface area (Å²) in [5, 5.41) is 9.34. The Labute approximate surface area is 159 Å². The molecule has 1 fully saturated rings. The number of nitrogen functional groups attached to an aromatic ring is 1. The van der Waals surface area contributed by atoms with Gasteiger partial charge in [-0.15, -0.1) is 0 Å². The van der Waals surface area contributed by atoms with Gasteiger partial charge in [0, 0.05) is 37.4 Å². The zero-order valence-corrected chi connectivity index (χ0v) is 15.7. The topological polar surface area (TPSA) is 82.6 Å². The molecule has 1 aliphatic heterocycles. The van der Waals surface area contributed by atoms with E-state index < -0.39 is 0 Å². The van der Waals surface area contributed by atoms with E-state index in [0.29, 0.717) is 48.7 Å². The van der Waals surface area contributed by atoms with E-state index in [1.54, 1.807) is 18.2 Å². The Balaban J connectivity index is 1.67. The average molecular weight is 364 g/mol. The van der Waals surface area contributed by atoms with Crippen molar-refractivity contribution in [1.29, 1.82) is 5.26 Å². The molecule has 0 radical (unpaired) electrons. The molecule has 2 aromatic rings. The van der Waals surface area contributed by atoms with E-state index in [1.165, 1.54) is 0 Å². The molecule has 1 amide bonds. The molecular formula is C21H24N4O2. The van der Waals surface area contributed by atoms with Crippen molar-refractivity contribution in [3.63, 3.8) is 0 Å². The van der Waals surface area contributed by atoms with Crippen molar-refractivity contribution in [2.24, 2.45) is 0 Å². The number of nitrogens with two attached hydrogens (primary N) is 1. The number of ether oxygens (including phenoxy) is 1. The average Bonchev–Trinajstić information content (AvgIpc) is 2.67. The number of piperazine rings is 1. The van der Waals surface area contributed by atoms with Crippen LogP contribution in [0.25, 0.3) is 0 Å². The molecule has 0 saturated carbocycles. The van der Waals surface area contributed by atoms with Crippen LogP contribution in [-0.2, 0) is 0 Å². The summed E-state index contributed by atoms with van der Waals surface area (Å²) >= 11 is 0. The van der Waals surface area contributed by atoms with Crippen LogP contribution in [0.4, 0.5) is 11.4 Å². The van der Waals surface area contributed by atoms with Crippen molar-refractivity contribution >= 4 is 17.3 Å². The number of hydrogen-bond donors (Lipinski definition) is 1. The highest BCUT2D eigenvalue weighted by atomic mass is 16.5. The Hall–Kier alpha value is -3.20. The minimum absolute atomic E-state index is 0.00155. The fraction of sp³-hybridized carbons (Fsp3) is 0.333. The normalized spacial score (nSPS) is 14.1. The number of hydrogen-bond acceptors (Lipinski definition) is 5. The predicted molar refractivity (Wildman–Crippen MR) is 106 cm³/mol. The summed E-state index contributed by atoms with van der Waals surface area (Å²) in [7, 11) is 0. The minimum atomic E-state index is 0.00155. The maximum absolute atomic E-state index is 12.8. The van der Waals surface area contributed by atoms with Gasteiger partial charge < -0.3 is 20.3 Å². The summed E-state index contributed by atoms with van der Waals surface area (Å²) in [6.07, 6.45) is 0.0631. The van der Waals surface area contributed by atoms with Crippen LogP contribution >= 0.6 is 0 Å². The molecule has 0 aromatic heterocycles. The first-order valence-electron chi connectivity index (χ1n) is 9.08. The molecule has 0 spiro atoms. The lowest BCUT2D eigenvalue weighted by Crippen LogP contribution is -2.49. The molecule has 1 saturated heterocycles. The van der Waals surface area contributed by atoms with E-state index in [1.807, 2.05) is 43.0 Å². The van der Waals surface area contributed by atoms with Crippen molar-refractivity contribution in [1.82, 2.24) is 4.90 Å². The molecule has 6 nitrogen and oxygen atoms in total. The molecule has 0 unspecified atom stereocenters. The Morgan fingerprint density at radius 3 is 2.56 bits per heavy atom. The number of carbonyl (C=O) groups is 1. The molecular weight excluding hydrogens is 340 g/mol. The van der Waals surface area contributed by atoms with E-state index in [9.17, 15) is 10.1 Å². The van der Waals surface area contributed by atoms with Gasteiger partial charge in [-0.05, 0) is 50.2 Å². The van der Waals surface area contributed by atoms with Crippen molar-refractivity contribution in [3.8, 4) is 11.8 Å². The number of carbonyl (C=O) groups excluding carboxylic acids is 1. The van der Waals surface area contributed by atoms with Crippen molar-refractivity contribution in [2.45, 2.75) is 20.0 Å². The van der Waals surface area contributed by atoms with Gasteiger partial charge in [-0.1, -0.05) is 6.07 Å². The van der Waals surface area contributed by atoms with Crippen LogP contribution in [0.1, 0.15) is 29.8 Å². The molecule has 1 aliphatic rings. The molecule has 0 bridgehead atoms. The lowest BCUT2D eigenvalue weighted by Gasteiger charge is -2.36. The third-order valence-electron chi connectivity index (χ3n) is 4.50. The number of nitrogens with zero attached hydrogens (tertiary/aromatic N) is 3. The molecule has 0 atom stereocenters. The zero-order chi connectivity index (χ0) is 19.4. The van der Waals surface area contributed by atoms with Gasteiger partial charge in [0.05, 0.1) is 17.4 Å².